The lowest BCUT2D eigenvalue weighted by atomic mass is 10.0. The predicted octanol–water partition coefficient (Wildman–Crippen LogP) is 1.51. The van der Waals surface area contributed by atoms with E-state index in [0.29, 0.717) is 6.54 Å². The van der Waals surface area contributed by atoms with Gasteiger partial charge in [0.25, 0.3) is 0 Å². The number of amides is 1. The Kier molecular flexibility index (Phi) is 3.75. The van der Waals surface area contributed by atoms with Gasteiger partial charge < -0.3 is 10.6 Å². The smallest absolute Gasteiger partial charge is 0.237 e. The molecular formula is C11H16N2OS. The number of hydrogen-bond acceptors (Lipinski definition) is 3. The van der Waals surface area contributed by atoms with Crippen LogP contribution in [0.2, 0.25) is 0 Å². The van der Waals surface area contributed by atoms with Gasteiger partial charge in [-0.05, 0) is 41.8 Å². The summed E-state index contributed by atoms with van der Waals surface area (Å²) in [6, 6.07) is 2.07. The standard InChI is InChI=1S/C11H16N2OS/c14-11(10-3-1-2-5-12-10)13-7-9-4-6-15-8-9/h4,6,8,10,12H,1-3,5,7H2,(H,13,14)/t10-/m1/s1. The van der Waals surface area contributed by atoms with Crippen LogP contribution in [-0.4, -0.2) is 18.5 Å². The van der Waals surface area contributed by atoms with Gasteiger partial charge in [0.05, 0.1) is 6.04 Å². The van der Waals surface area contributed by atoms with Gasteiger partial charge in [-0.3, -0.25) is 4.79 Å². The van der Waals surface area contributed by atoms with Crippen molar-refractivity contribution >= 4 is 17.2 Å². The molecule has 1 aliphatic heterocycles. The zero-order valence-corrected chi connectivity index (χ0v) is 9.48. The first-order valence-corrected chi connectivity index (χ1v) is 6.33. The molecule has 2 N–H and O–H groups in total. The van der Waals surface area contributed by atoms with E-state index in [9.17, 15) is 4.79 Å². The summed E-state index contributed by atoms with van der Waals surface area (Å²) >= 11 is 1.66. The van der Waals surface area contributed by atoms with E-state index >= 15 is 0 Å². The predicted molar refractivity (Wildman–Crippen MR) is 61.8 cm³/mol. The van der Waals surface area contributed by atoms with Crippen LogP contribution in [0.15, 0.2) is 16.8 Å². The number of carbonyl (C=O) groups is 1. The molecule has 2 rings (SSSR count). The Hall–Kier alpha value is -0.870. The fourth-order valence-corrected chi connectivity index (χ4v) is 2.45. The van der Waals surface area contributed by atoms with E-state index in [-0.39, 0.29) is 11.9 Å². The van der Waals surface area contributed by atoms with E-state index in [1.807, 2.05) is 11.4 Å². The summed E-state index contributed by atoms with van der Waals surface area (Å²) in [6.07, 6.45) is 3.31. The van der Waals surface area contributed by atoms with Crippen molar-refractivity contribution in [2.75, 3.05) is 6.54 Å². The quantitative estimate of drug-likeness (QED) is 0.817. The van der Waals surface area contributed by atoms with Crippen LogP contribution in [-0.2, 0) is 11.3 Å². The Morgan fingerprint density at radius 3 is 3.20 bits per heavy atom. The summed E-state index contributed by atoms with van der Waals surface area (Å²) in [5.74, 6) is 0.140. The monoisotopic (exact) mass is 224 g/mol. The minimum absolute atomic E-state index is 0.0254. The first kappa shape index (κ1) is 10.6. The van der Waals surface area contributed by atoms with E-state index < -0.39 is 0 Å². The largest absolute Gasteiger partial charge is 0.351 e. The van der Waals surface area contributed by atoms with Crippen LogP contribution in [0.4, 0.5) is 0 Å². The van der Waals surface area contributed by atoms with Crippen molar-refractivity contribution in [2.45, 2.75) is 31.8 Å². The number of carbonyl (C=O) groups excluding carboxylic acids is 1. The van der Waals surface area contributed by atoms with Gasteiger partial charge in [-0.25, -0.2) is 0 Å². The fraction of sp³-hybridized carbons (Fsp3) is 0.545. The number of piperidine rings is 1. The molecule has 1 amide bonds. The van der Waals surface area contributed by atoms with Crippen LogP contribution < -0.4 is 10.6 Å². The lowest BCUT2D eigenvalue weighted by molar-refractivity contribution is -0.123. The fourth-order valence-electron chi connectivity index (χ4n) is 1.78. The number of nitrogens with one attached hydrogen (secondary N) is 2. The number of rotatable bonds is 3. The third-order valence-corrected chi connectivity index (χ3v) is 3.41. The van der Waals surface area contributed by atoms with E-state index in [0.717, 1.165) is 19.4 Å². The summed E-state index contributed by atoms with van der Waals surface area (Å²) in [5.41, 5.74) is 1.18. The van der Waals surface area contributed by atoms with E-state index in [1.54, 1.807) is 11.3 Å². The summed E-state index contributed by atoms with van der Waals surface area (Å²) in [7, 11) is 0. The van der Waals surface area contributed by atoms with Gasteiger partial charge in [0.2, 0.25) is 5.91 Å². The van der Waals surface area contributed by atoms with Gasteiger partial charge in [0, 0.05) is 6.54 Å². The number of hydrogen-bond donors (Lipinski definition) is 2. The van der Waals surface area contributed by atoms with E-state index in [4.69, 9.17) is 0 Å². The second-order valence-electron chi connectivity index (χ2n) is 3.85. The van der Waals surface area contributed by atoms with Crippen molar-refractivity contribution in [2.24, 2.45) is 0 Å². The Bertz CT molecular complexity index is 304. The third kappa shape index (κ3) is 3.04. The summed E-state index contributed by atoms with van der Waals surface area (Å²) in [5, 5.41) is 10.3. The maximum Gasteiger partial charge on any atom is 0.237 e. The van der Waals surface area contributed by atoms with Crippen molar-refractivity contribution < 1.29 is 4.79 Å². The molecule has 1 aromatic heterocycles. The molecule has 0 saturated carbocycles. The highest BCUT2D eigenvalue weighted by Crippen LogP contribution is 2.08. The molecule has 2 heterocycles. The summed E-state index contributed by atoms with van der Waals surface area (Å²) in [6.45, 7) is 1.62. The SMILES string of the molecule is O=C(NCc1ccsc1)[C@H]1CCCCN1. The van der Waals surface area contributed by atoms with Crippen LogP contribution in [0.25, 0.3) is 0 Å². The molecule has 1 saturated heterocycles. The minimum Gasteiger partial charge on any atom is -0.351 e. The van der Waals surface area contributed by atoms with Crippen LogP contribution in [0, 0.1) is 0 Å². The average Bonchev–Trinajstić information content (AvgIpc) is 2.80. The molecule has 82 valence electrons. The second-order valence-corrected chi connectivity index (χ2v) is 4.63. The highest BCUT2D eigenvalue weighted by Gasteiger charge is 2.19. The topological polar surface area (TPSA) is 41.1 Å². The first-order chi connectivity index (χ1) is 7.36. The van der Waals surface area contributed by atoms with Gasteiger partial charge in [0.1, 0.15) is 0 Å². The maximum absolute atomic E-state index is 11.7. The van der Waals surface area contributed by atoms with Crippen molar-refractivity contribution in [1.82, 2.24) is 10.6 Å². The van der Waals surface area contributed by atoms with Crippen molar-refractivity contribution in [3.05, 3.63) is 22.4 Å². The Labute approximate surface area is 93.9 Å². The second kappa shape index (κ2) is 5.28. The Balaban J connectivity index is 1.76. The molecule has 1 atom stereocenters. The van der Waals surface area contributed by atoms with Crippen LogP contribution in [0.5, 0.6) is 0 Å². The van der Waals surface area contributed by atoms with Gasteiger partial charge in [-0.1, -0.05) is 6.42 Å². The molecule has 0 spiro atoms. The average molecular weight is 224 g/mol. The van der Waals surface area contributed by atoms with Gasteiger partial charge in [-0.15, -0.1) is 0 Å². The zero-order chi connectivity index (χ0) is 10.5. The van der Waals surface area contributed by atoms with Crippen molar-refractivity contribution in [3.63, 3.8) is 0 Å². The lowest BCUT2D eigenvalue weighted by Gasteiger charge is -2.22. The van der Waals surface area contributed by atoms with E-state index in [1.165, 1.54) is 12.0 Å². The zero-order valence-electron chi connectivity index (χ0n) is 8.66. The molecule has 4 heteroatoms. The van der Waals surface area contributed by atoms with Crippen LogP contribution in [0.1, 0.15) is 24.8 Å². The lowest BCUT2D eigenvalue weighted by Crippen LogP contribution is -2.46. The molecule has 3 nitrogen and oxygen atoms in total. The first-order valence-electron chi connectivity index (χ1n) is 5.38. The summed E-state index contributed by atoms with van der Waals surface area (Å²) in [4.78, 5) is 11.7. The molecule has 0 radical (unpaired) electrons. The van der Waals surface area contributed by atoms with Crippen LogP contribution in [0.3, 0.4) is 0 Å². The molecule has 15 heavy (non-hydrogen) atoms. The maximum atomic E-state index is 11.7. The van der Waals surface area contributed by atoms with Crippen LogP contribution >= 0.6 is 11.3 Å². The highest BCUT2D eigenvalue weighted by atomic mass is 32.1. The Morgan fingerprint density at radius 1 is 1.60 bits per heavy atom. The molecule has 1 fully saturated rings. The molecule has 1 aromatic rings. The van der Waals surface area contributed by atoms with Gasteiger partial charge >= 0.3 is 0 Å². The van der Waals surface area contributed by atoms with Gasteiger partial charge in [0.15, 0.2) is 0 Å². The molecule has 0 unspecified atom stereocenters. The van der Waals surface area contributed by atoms with Gasteiger partial charge in [-0.2, -0.15) is 11.3 Å². The molecular weight excluding hydrogens is 208 g/mol. The van der Waals surface area contributed by atoms with Crippen molar-refractivity contribution in [1.29, 1.82) is 0 Å². The summed E-state index contributed by atoms with van der Waals surface area (Å²) < 4.78 is 0. The third-order valence-electron chi connectivity index (χ3n) is 2.67. The normalized spacial score (nSPS) is 21.2. The Morgan fingerprint density at radius 2 is 2.53 bits per heavy atom. The molecule has 1 aliphatic rings. The highest BCUT2D eigenvalue weighted by molar-refractivity contribution is 7.07. The minimum atomic E-state index is 0.0254. The molecule has 0 bridgehead atoms. The number of thiophene rings is 1. The molecule has 0 aromatic carbocycles. The van der Waals surface area contributed by atoms with Crippen molar-refractivity contribution in [3.8, 4) is 0 Å². The molecule has 0 aliphatic carbocycles. The van der Waals surface area contributed by atoms with E-state index in [2.05, 4.69) is 16.0 Å².